The highest BCUT2D eigenvalue weighted by Gasteiger charge is 2.49. The summed E-state index contributed by atoms with van der Waals surface area (Å²) in [5.41, 5.74) is 1.21. The predicted octanol–water partition coefficient (Wildman–Crippen LogP) is 0.943. The summed E-state index contributed by atoms with van der Waals surface area (Å²) >= 11 is 0. The predicted molar refractivity (Wildman–Crippen MR) is 72.2 cm³/mol. The van der Waals surface area contributed by atoms with Crippen LogP contribution in [0.15, 0.2) is 42.9 Å². The largest absolute Gasteiger partial charge is 0.463 e. The first-order valence-electron chi connectivity index (χ1n) is 6.09. The van der Waals surface area contributed by atoms with E-state index in [1.54, 1.807) is 12.1 Å². The van der Waals surface area contributed by atoms with Crippen molar-refractivity contribution < 1.29 is 13.2 Å². The maximum atomic E-state index is 12.1. The summed E-state index contributed by atoms with van der Waals surface area (Å²) in [6.07, 6.45) is 3.53. The van der Waals surface area contributed by atoms with E-state index < -0.39 is 15.0 Å². The smallest absolute Gasteiger partial charge is 0.264 e. The molecule has 2 N–H and O–H groups in total. The number of para-hydroxylation sites is 1. The van der Waals surface area contributed by atoms with Crippen LogP contribution in [0.4, 0.5) is 0 Å². The van der Waals surface area contributed by atoms with E-state index in [0.29, 0.717) is 12.2 Å². The van der Waals surface area contributed by atoms with Gasteiger partial charge in [0, 0.05) is 12.6 Å². The molecule has 0 fully saturated rings. The van der Waals surface area contributed by atoms with Crippen LogP contribution in [0.2, 0.25) is 0 Å². The van der Waals surface area contributed by atoms with E-state index >= 15 is 0 Å². The molecule has 1 unspecified atom stereocenters. The summed E-state index contributed by atoms with van der Waals surface area (Å²) in [7, 11) is -4.00. The first kappa shape index (κ1) is 13.0. The van der Waals surface area contributed by atoms with Gasteiger partial charge in [-0.1, -0.05) is 18.2 Å². The Kier molecular flexibility index (Phi) is 2.95. The molecule has 2 heterocycles. The number of sulfonamides is 1. The fourth-order valence-corrected chi connectivity index (χ4v) is 3.39. The minimum atomic E-state index is -4.00. The van der Waals surface area contributed by atoms with Crippen molar-refractivity contribution in [2.24, 2.45) is 5.14 Å². The zero-order valence-electron chi connectivity index (χ0n) is 10.6. The van der Waals surface area contributed by atoms with Crippen molar-refractivity contribution >= 4 is 10.0 Å². The maximum absolute atomic E-state index is 12.1. The molecule has 6 nitrogen and oxygen atoms in total. The summed E-state index contributed by atoms with van der Waals surface area (Å²) < 4.78 is 30.0. The monoisotopic (exact) mass is 291 g/mol. The van der Waals surface area contributed by atoms with Crippen LogP contribution in [0.5, 0.6) is 5.75 Å². The van der Waals surface area contributed by atoms with E-state index in [1.807, 2.05) is 12.1 Å². The lowest BCUT2D eigenvalue weighted by Gasteiger charge is -2.35. The molecule has 20 heavy (non-hydrogen) atoms. The Bertz CT molecular complexity index is 734. The van der Waals surface area contributed by atoms with Gasteiger partial charge in [-0.2, -0.15) is 0 Å². The number of fused-ring (bicyclic) bond motifs is 1. The third kappa shape index (κ3) is 1.95. The number of aryl methyl sites for hydroxylation is 1. The number of benzene rings is 1. The van der Waals surface area contributed by atoms with E-state index in [-0.39, 0.29) is 12.1 Å². The first-order chi connectivity index (χ1) is 9.53. The van der Waals surface area contributed by atoms with E-state index in [9.17, 15) is 8.42 Å². The van der Waals surface area contributed by atoms with Crippen molar-refractivity contribution in [1.82, 2.24) is 9.97 Å². The molecule has 0 saturated heterocycles. The Hall–Kier alpha value is -1.99. The van der Waals surface area contributed by atoms with Gasteiger partial charge in [-0.25, -0.2) is 23.5 Å². The highest BCUT2D eigenvalue weighted by Crippen LogP contribution is 2.41. The molecule has 1 aromatic carbocycles. The molecule has 3 rings (SSSR count). The van der Waals surface area contributed by atoms with E-state index in [4.69, 9.17) is 9.88 Å². The van der Waals surface area contributed by atoms with Crippen molar-refractivity contribution in [3.8, 4) is 5.75 Å². The number of primary sulfonamides is 1. The van der Waals surface area contributed by atoms with Gasteiger partial charge < -0.3 is 4.74 Å². The molecule has 0 radical (unpaired) electrons. The molecule has 2 aromatic rings. The molecule has 1 aliphatic rings. The number of nitrogens with zero attached hydrogens (tertiary/aromatic N) is 2. The second-order valence-electron chi connectivity index (χ2n) is 4.60. The zero-order chi connectivity index (χ0) is 14.2. The first-order valence-corrected chi connectivity index (χ1v) is 7.63. The van der Waals surface area contributed by atoms with Crippen molar-refractivity contribution in [3.63, 3.8) is 0 Å². The SMILES string of the molecule is NS(=O)(=O)C1(c2ccncn2)CCc2ccccc2O1. The van der Waals surface area contributed by atoms with Gasteiger partial charge in [-0.15, -0.1) is 0 Å². The Morgan fingerprint density at radius 1 is 1.25 bits per heavy atom. The molecular weight excluding hydrogens is 278 g/mol. The lowest BCUT2D eigenvalue weighted by Crippen LogP contribution is -2.48. The third-order valence-electron chi connectivity index (χ3n) is 3.40. The fourth-order valence-electron chi connectivity index (χ4n) is 2.38. The van der Waals surface area contributed by atoms with Gasteiger partial charge in [-0.05, 0) is 24.1 Å². The van der Waals surface area contributed by atoms with Crippen LogP contribution in [-0.2, 0) is 21.4 Å². The van der Waals surface area contributed by atoms with Crippen LogP contribution < -0.4 is 9.88 Å². The molecule has 0 bridgehead atoms. The molecular formula is C13H13N3O3S. The second-order valence-corrected chi connectivity index (χ2v) is 6.35. The normalized spacial score (nSPS) is 21.9. The maximum Gasteiger partial charge on any atom is 0.264 e. The Labute approximate surface area is 116 Å². The molecule has 104 valence electrons. The lowest BCUT2D eigenvalue weighted by atomic mass is 10.00. The van der Waals surface area contributed by atoms with Crippen LogP contribution in [-0.4, -0.2) is 18.4 Å². The Morgan fingerprint density at radius 3 is 2.75 bits per heavy atom. The van der Waals surface area contributed by atoms with Crippen LogP contribution in [0.1, 0.15) is 17.7 Å². The van der Waals surface area contributed by atoms with Crippen molar-refractivity contribution in [1.29, 1.82) is 0 Å². The summed E-state index contributed by atoms with van der Waals surface area (Å²) in [5.74, 6) is 0.520. The fraction of sp³-hybridized carbons (Fsp3) is 0.231. The number of hydrogen-bond donors (Lipinski definition) is 1. The van der Waals surface area contributed by atoms with Crippen LogP contribution in [0.3, 0.4) is 0 Å². The average molecular weight is 291 g/mol. The van der Waals surface area contributed by atoms with Gasteiger partial charge in [-0.3, -0.25) is 0 Å². The third-order valence-corrected chi connectivity index (χ3v) is 4.82. The highest BCUT2D eigenvalue weighted by atomic mass is 32.2. The molecule has 0 aliphatic carbocycles. The Balaban J connectivity index is 2.16. The quantitative estimate of drug-likeness (QED) is 0.888. The van der Waals surface area contributed by atoms with Crippen molar-refractivity contribution in [3.05, 3.63) is 54.1 Å². The second kappa shape index (κ2) is 4.53. The summed E-state index contributed by atoms with van der Waals surface area (Å²) in [6.45, 7) is 0. The van der Waals surface area contributed by atoms with Gasteiger partial charge in [0.2, 0.25) is 0 Å². The van der Waals surface area contributed by atoms with Crippen LogP contribution in [0, 0.1) is 0 Å². The van der Waals surface area contributed by atoms with E-state index in [1.165, 1.54) is 18.6 Å². The number of aromatic nitrogens is 2. The van der Waals surface area contributed by atoms with Crippen molar-refractivity contribution in [2.45, 2.75) is 17.8 Å². The van der Waals surface area contributed by atoms with Crippen LogP contribution >= 0.6 is 0 Å². The van der Waals surface area contributed by atoms with Gasteiger partial charge in [0.25, 0.3) is 15.0 Å². The van der Waals surface area contributed by atoms with Gasteiger partial charge in [0.15, 0.2) is 0 Å². The van der Waals surface area contributed by atoms with Gasteiger partial charge in [0.05, 0.1) is 0 Å². The highest BCUT2D eigenvalue weighted by molar-refractivity contribution is 7.90. The lowest BCUT2D eigenvalue weighted by molar-refractivity contribution is 0.121. The number of nitrogens with two attached hydrogens (primary N) is 1. The summed E-state index contributed by atoms with van der Waals surface area (Å²) in [5, 5.41) is 5.42. The minimum absolute atomic E-state index is 0.222. The minimum Gasteiger partial charge on any atom is -0.463 e. The number of ether oxygens (including phenoxy) is 1. The molecule has 7 heteroatoms. The Morgan fingerprint density at radius 2 is 2.05 bits per heavy atom. The number of hydrogen-bond acceptors (Lipinski definition) is 5. The number of rotatable bonds is 2. The van der Waals surface area contributed by atoms with Gasteiger partial charge in [0.1, 0.15) is 17.8 Å². The molecule has 1 aliphatic heterocycles. The topological polar surface area (TPSA) is 95.2 Å². The molecule has 0 amide bonds. The van der Waals surface area contributed by atoms with Gasteiger partial charge >= 0.3 is 0 Å². The summed E-state index contributed by atoms with van der Waals surface area (Å²) in [4.78, 5) is 6.17. The van der Waals surface area contributed by atoms with Crippen molar-refractivity contribution in [2.75, 3.05) is 0 Å². The van der Waals surface area contributed by atoms with E-state index in [2.05, 4.69) is 9.97 Å². The molecule has 1 atom stereocenters. The molecule has 1 aromatic heterocycles. The molecule has 0 spiro atoms. The standard InChI is InChI=1S/C13H13N3O3S/c14-20(17,18)13(12-6-8-15-9-16-12)7-5-10-3-1-2-4-11(10)19-13/h1-4,6,8-9H,5,7H2,(H2,14,17,18). The zero-order valence-corrected chi connectivity index (χ0v) is 11.4. The molecule has 0 saturated carbocycles. The van der Waals surface area contributed by atoms with Crippen LogP contribution in [0.25, 0.3) is 0 Å². The van der Waals surface area contributed by atoms with E-state index in [0.717, 1.165) is 5.56 Å². The average Bonchev–Trinajstić information content (AvgIpc) is 2.46. The summed E-state index contributed by atoms with van der Waals surface area (Å²) in [6, 6.07) is 8.82.